The van der Waals surface area contributed by atoms with Gasteiger partial charge in [-0.3, -0.25) is 14.9 Å². The van der Waals surface area contributed by atoms with E-state index in [2.05, 4.69) is 5.32 Å². The van der Waals surface area contributed by atoms with Crippen LogP contribution in [-0.4, -0.2) is 60.1 Å². The number of non-ortho nitro benzene ring substituents is 1. The number of piperidine rings is 1. The SMILES string of the molecule is COCCNc1ccc([N+](=O)[O-])cc1C(=O)O[C@H](C)C(=O)N1[C@H](C)CCC[C@@H]1C. The summed E-state index contributed by atoms with van der Waals surface area (Å²) in [6, 6.07) is 4.07. The number of benzene rings is 1. The molecule has 0 unspecified atom stereocenters. The van der Waals surface area contributed by atoms with Crippen molar-refractivity contribution < 1.29 is 24.0 Å². The lowest BCUT2D eigenvalue weighted by Gasteiger charge is -2.40. The third-order valence-electron chi connectivity index (χ3n) is 5.14. The summed E-state index contributed by atoms with van der Waals surface area (Å²) in [6.45, 7) is 6.31. The van der Waals surface area contributed by atoms with Gasteiger partial charge in [-0.25, -0.2) is 4.79 Å². The fourth-order valence-corrected chi connectivity index (χ4v) is 3.60. The fourth-order valence-electron chi connectivity index (χ4n) is 3.60. The van der Waals surface area contributed by atoms with Crippen molar-refractivity contribution in [1.82, 2.24) is 4.90 Å². The van der Waals surface area contributed by atoms with Crippen molar-refractivity contribution in [3.8, 4) is 0 Å². The van der Waals surface area contributed by atoms with Gasteiger partial charge < -0.3 is 19.7 Å². The van der Waals surface area contributed by atoms with E-state index in [1.165, 1.54) is 19.1 Å². The maximum Gasteiger partial charge on any atom is 0.341 e. The number of nitrogens with one attached hydrogen (secondary N) is 1. The molecule has 0 aromatic heterocycles. The molecule has 1 N–H and O–H groups in total. The molecule has 0 spiro atoms. The molecule has 1 aromatic carbocycles. The zero-order valence-corrected chi connectivity index (χ0v) is 17.3. The molecule has 9 nitrogen and oxygen atoms in total. The van der Waals surface area contributed by atoms with Crippen molar-refractivity contribution in [3.63, 3.8) is 0 Å². The van der Waals surface area contributed by atoms with E-state index in [9.17, 15) is 19.7 Å². The lowest BCUT2D eigenvalue weighted by molar-refractivity contribution is -0.384. The summed E-state index contributed by atoms with van der Waals surface area (Å²) in [5.74, 6) is -1.04. The molecule has 1 aromatic rings. The average Bonchev–Trinajstić information content (AvgIpc) is 2.67. The van der Waals surface area contributed by atoms with E-state index in [1.54, 1.807) is 12.0 Å². The van der Waals surface area contributed by atoms with Crippen LogP contribution in [0.3, 0.4) is 0 Å². The van der Waals surface area contributed by atoms with E-state index < -0.39 is 17.0 Å². The quantitative estimate of drug-likeness (QED) is 0.305. The highest BCUT2D eigenvalue weighted by molar-refractivity contribution is 5.98. The van der Waals surface area contributed by atoms with Gasteiger partial charge in [-0.05, 0) is 46.1 Å². The van der Waals surface area contributed by atoms with Gasteiger partial charge in [0, 0.05) is 43.6 Å². The van der Waals surface area contributed by atoms with Gasteiger partial charge in [0.15, 0.2) is 6.10 Å². The summed E-state index contributed by atoms with van der Waals surface area (Å²) in [5, 5.41) is 14.1. The number of nitro groups is 1. The Hall–Kier alpha value is -2.68. The minimum Gasteiger partial charge on any atom is -0.449 e. The Kier molecular flexibility index (Phi) is 7.95. The average molecular weight is 407 g/mol. The highest BCUT2D eigenvalue weighted by Gasteiger charge is 2.33. The van der Waals surface area contributed by atoms with Crippen molar-refractivity contribution in [2.24, 2.45) is 0 Å². The maximum absolute atomic E-state index is 12.9. The summed E-state index contributed by atoms with van der Waals surface area (Å²) in [4.78, 5) is 37.9. The van der Waals surface area contributed by atoms with E-state index in [0.717, 1.165) is 25.3 Å². The van der Waals surface area contributed by atoms with Crippen LogP contribution in [0.2, 0.25) is 0 Å². The van der Waals surface area contributed by atoms with E-state index >= 15 is 0 Å². The Morgan fingerprint density at radius 1 is 1.31 bits per heavy atom. The first-order valence-corrected chi connectivity index (χ1v) is 9.80. The summed E-state index contributed by atoms with van der Waals surface area (Å²) < 4.78 is 10.4. The molecule has 3 atom stereocenters. The van der Waals surface area contributed by atoms with E-state index in [-0.39, 0.29) is 29.2 Å². The lowest BCUT2D eigenvalue weighted by atomic mass is 9.97. The molecule has 9 heteroatoms. The third kappa shape index (κ3) is 5.66. The summed E-state index contributed by atoms with van der Waals surface area (Å²) in [5.41, 5.74) is 0.165. The molecule has 160 valence electrons. The van der Waals surface area contributed by atoms with Gasteiger partial charge in [0.2, 0.25) is 0 Å². The van der Waals surface area contributed by atoms with Gasteiger partial charge in [-0.15, -0.1) is 0 Å². The highest BCUT2D eigenvalue weighted by atomic mass is 16.6. The number of nitrogens with zero attached hydrogens (tertiary/aromatic N) is 2. The number of ether oxygens (including phenoxy) is 2. The van der Waals surface area contributed by atoms with Crippen LogP contribution in [0.25, 0.3) is 0 Å². The Balaban J connectivity index is 2.17. The number of carbonyl (C=O) groups excluding carboxylic acids is 2. The number of esters is 1. The maximum atomic E-state index is 12.9. The molecule has 0 bridgehead atoms. The number of amides is 1. The first kappa shape index (κ1) is 22.6. The zero-order valence-electron chi connectivity index (χ0n) is 17.3. The summed E-state index contributed by atoms with van der Waals surface area (Å²) in [6.07, 6.45) is 1.89. The molecule has 0 aliphatic carbocycles. The zero-order chi connectivity index (χ0) is 21.6. The number of carbonyl (C=O) groups is 2. The number of anilines is 1. The second-order valence-corrected chi connectivity index (χ2v) is 7.33. The topological polar surface area (TPSA) is 111 Å². The molecule has 0 saturated carbocycles. The predicted octanol–water partition coefficient (Wildman–Crippen LogP) is 2.99. The monoisotopic (exact) mass is 407 g/mol. The van der Waals surface area contributed by atoms with Crippen LogP contribution in [0.5, 0.6) is 0 Å². The molecular formula is C20H29N3O6. The van der Waals surface area contributed by atoms with Crippen molar-refractivity contribution >= 4 is 23.3 Å². The van der Waals surface area contributed by atoms with Crippen LogP contribution in [0.4, 0.5) is 11.4 Å². The van der Waals surface area contributed by atoms with Crippen molar-refractivity contribution in [3.05, 3.63) is 33.9 Å². The number of rotatable bonds is 8. The number of methoxy groups -OCH3 is 1. The molecule has 1 fully saturated rings. The van der Waals surface area contributed by atoms with Crippen LogP contribution < -0.4 is 5.32 Å². The molecule has 29 heavy (non-hydrogen) atoms. The van der Waals surface area contributed by atoms with E-state index in [1.807, 2.05) is 13.8 Å². The second-order valence-electron chi connectivity index (χ2n) is 7.33. The number of hydrogen-bond donors (Lipinski definition) is 1. The van der Waals surface area contributed by atoms with E-state index in [4.69, 9.17) is 9.47 Å². The standard InChI is InChI=1S/C20H29N3O6/c1-13-6-5-7-14(2)22(13)19(24)15(3)29-20(25)17-12-16(23(26)27)8-9-18(17)21-10-11-28-4/h8-9,12-15,21H,5-7,10-11H2,1-4H3/t13-,14+,15-/m1/s1. The van der Waals surface area contributed by atoms with Crippen LogP contribution in [0.1, 0.15) is 50.4 Å². The Bertz CT molecular complexity index is 744. The molecule has 1 saturated heterocycles. The van der Waals surface area contributed by atoms with Gasteiger partial charge in [0.25, 0.3) is 11.6 Å². The molecule has 0 radical (unpaired) electrons. The van der Waals surface area contributed by atoms with Crippen molar-refractivity contribution in [1.29, 1.82) is 0 Å². The lowest BCUT2D eigenvalue weighted by Crippen LogP contribution is -2.51. The third-order valence-corrected chi connectivity index (χ3v) is 5.14. The number of hydrogen-bond acceptors (Lipinski definition) is 7. The van der Waals surface area contributed by atoms with Gasteiger partial charge in [-0.2, -0.15) is 0 Å². The summed E-state index contributed by atoms with van der Waals surface area (Å²) in [7, 11) is 1.54. The molecule has 2 rings (SSSR count). The van der Waals surface area contributed by atoms with Crippen LogP contribution in [0, 0.1) is 10.1 Å². The molecule has 1 aliphatic heterocycles. The first-order chi connectivity index (χ1) is 13.8. The van der Waals surface area contributed by atoms with Gasteiger partial charge in [0.05, 0.1) is 17.1 Å². The Labute approximate surface area is 170 Å². The molecule has 1 aliphatic rings. The molecule has 1 heterocycles. The van der Waals surface area contributed by atoms with Crippen LogP contribution in [0.15, 0.2) is 18.2 Å². The normalized spacial score (nSPS) is 20.1. The second kappa shape index (κ2) is 10.2. The van der Waals surface area contributed by atoms with Gasteiger partial charge in [0.1, 0.15) is 0 Å². The van der Waals surface area contributed by atoms with Gasteiger partial charge >= 0.3 is 5.97 Å². The van der Waals surface area contributed by atoms with Gasteiger partial charge in [-0.1, -0.05) is 0 Å². The van der Waals surface area contributed by atoms with Crippen LogP contribution >= 0.6 is 0 Å². The number of nitro benzene ring substituents is 1. The fraction of sp³-hybridized carbons (Fsp3) is 0.600. The molecular weight excluding hydrogens is 378 g/mol. The highest BCUT2D eigenvalue weighted by Crippen LogP contribution is 2.26. The summed E-state index contributed by atoms with van der Waals surface area (Å²) >= 11 is 0. The minimum absolute atomic E-state index is 0.00898. The minimum atomic E-state index is -0.989. The smallest absolute Gasteiger partial charge is 0.341 e. The van der Waals surface area contributed by atoms with Crippen molar-refractivity contribution in [2.45, 2.75) is 58.2 Å². The van der Waals surface area contributed by atoms with Crippen molar-refractivity contribution in [2.75, 3.05) is 25.6 Å². The Morgan fingerprint density at radius 2 is 1.97 bits per heavy atom. The predicted molar refractivity (Wildman–Crippen MR) is 108 cm³/mol. The first-order valence-electron chi connectivity index (χ1n) is 9.80. The number of likely N-dealkylation sites (tertiary alicyclic amines) is 1. The Morgan fingerprint density at radius 3 is 2.55 bits per heavy atom. The largest absolute Gasteiger partial charge is 0.449 e. The molecule has 1 amide bonds. The van der Waals surface area contributed by atoms with E-state index in [0.29, 0.717) is 18.8 Å². The van der Waals surface area contributed by atoms with Crippen LogP contribution in [-0.2, 0) is 14.3 Å².